The number of anilines is 2. The van der Waals surface area contributed by atoms with Crippen molar-refractivity contribution < 1.29 is 4.74 Å². The number of methoxy groups -OCH3 is 1. The summed E-state index contributed by atoms with van der Waals surface area (Å²) in [5.74, 6) is 1.94. The van der Waals surface area contributed by atoms with E-state index in [-0.39, 0.29) is 0 Å². The van der Waals surface area contributed by atoms with Crippen molar-refractivity contribution in [3.8, 4) is 5.88 Å². The van der Waals surface area contributed by atoms with Gasteiger partial charge in [0.15, 0.2) is 5.11 Å². The number of hydrogen-bond acceptors (Lipinski definition) is 5. The number of piperidine rings is 1. The van der Waals surface area contributed by atoms with Gasteiger partial charge in [-0.1, -0.05) is 0 Å². The lowest BCUT2D eigenvalue weighted by atomic mass is 10.0. The Morgan fingerprint density at radius 1 is 1.32 bits per heavy atom. The second-order valence-electron chi connectivity index (χ2n) is 6.00. The summed E-state index contributed by atoms with van der Waals surface area (Å²) in [7, 11) is 1.62. The molecule has 0 unspecified atom stereocenters. The van der Waals surface area contributed by atoms with E-state index in [1.165, 1.54) is 32.1 Å². The van der Waals surface area contributed by atoms with Crippen LogP contribution in [0.25, 0.3) is 0 Å². The molecular formula is C15H23N5OS. The third kappa shape index (κ3) is 3.76. The third-order valence-electron chi connectivity index (χ3n) is 4.13. The zero-order chi connectivity index (χ0) is 15.5. The van der Waals surface area contributed by atoms with E-state index < -0.39 is 0 Å². The number of rotatable bonds is 4. The summed E-state index contributed by atoms with van der Waals surface area (Å²) in [6, 6.07) is 2.88. The van der Waals surface area contributed by atoms with E-state index in [1.54, 1.807) is 7.11 Å². The molecule has 2 N–H and O–H groups in total. The van der Waals surface area contributed by atoms with Crippen LogP contribution in [0.1, 0.15) is 39.0 Å². The van der Waals surface area contributed by atoms with E-state index in [0.717, 1.165) is 12.4 Å². The van der Waals surface area contributed by atoms with Crippen molar-refractivity contribution in [2.24, 2.45) is 0 Å². The van der Waals surface area contributed by atoms with E-state index in [4.69, 9.17) is 17.0 Å². The second-order valence-corrected chi connectivity index (χ2v) is 6.41. The van der Waals surface area contributed by atoms with Gasteiger partial charge in [0.2, 0.25) is 11.8 Å². The minimum Gasteiger partial charge on any atom is -0.481 e. The molecule has 7 heteroatoms. The Bertz CT molecular complexity index is 549. The van der Waals surface area contributed by atoms with Crippen LogP contribution in [-0.2, 0) is 0 Å². The number of nitrogens with zero attached hydrogens (tertiary/aromatic N) is 3. The Kier molecular flexibility index (Phi) is 4.61. The number of hydrogen-bond donors (Lipinski definition) is 2. The van der Waals surface area contributed by atoms with Crippen LogP contribution in [0.15, 0.2) is 6.07 Å². The van der Waals surface area contributed by atoms with Crippen LogP contribution in [0.5, 0.6) is 5.88 Å². The standard InChI is InChI=1S/C15H23N5OS/c1-10-5-3-4-8-20(10)12-9-13(21-2)18-14(17-12)19-15(22)16-11-6-7-11/h9-11H,3-8H2,1-2H3,(H2,16,17,18,19,22)/t10-/m1/s1. The first-order valence-corrected chi connectivity index (χ1v) is 8.34. The van der Waals surface area contributed by atoms with Gasteiger partial charge in [-0.2, -0.15) is 9.97 Å². The van der Waals surface area contributed by atoms with Crippen LogP contribution in [0, 0.1) is 0 Å². The van der Waals surface area contributed by atoms with Gasteiger partial charge in [0.1, 0.15) is 5.82 Å². The molecule has 2 heterocycles. The fourth-order valence-electron chi connectivity index (χ4n) is 2.71. The zero-order valence-electron chi connectivity index (χ0n) is 13.1. The number of ether oxygens (including phenoxy) is 1. The normalized spacial score (nSPS) is 21.4. The van der Waals surface area contributed by atoms with E-state index in [1.807, 2.05) is 6.07 Å². The Labute approximate surface area is 136 Å². The van der Waals surface area contributed by atoms with Crippen molar-refractivity contribution in [3.05, 3.63) is 6.07 Å². The molecule has 0 amide bonds. The average molecular weight is 321 g/mol. The van der Waals surface area contributed by atoms with Gasteiger partial charge in [-0.3, -0.25) is 0 Å². The minimum absolute atomic E-state index is 0.484. The second kappa shape index (κ2) is 6.64. The average Bonchev–Trinajstić information content (AvgIpc) is 3.31. The van der Waals surface area contributed by atoms with Crippen molar-refractivity contribution >= 4 is 29.1 Å². The van der Waals surface area contributed by atoms with E-state index in [9.17, 15) is 0 Å². The first-order valence-electron chi connectivity index (χ1n) is 7.93. The maximum atomic E-state index is 5.32. The Balaban J connectivity index is 1.77. The van der Waals surface area contributed by atoms with Gasteiger partial charge in [-0.25, -0.2) is 0 Å². The van der Waals surface area contributed by atoms with Crippen LogP contribution >= 0.6 is 12.2 Å². The predicted molar refractivity (Wildman–Crippen MR) is 91.6 cm³/mol. The van der Waals surface area contributed by atoms with E-state index in [0.29, 0.717) is 29.0 Å². The van der Waals surface area contributed by atoms with Gasteiger partial charge in [0, 0.05) is 24.7 Å². The monoisotopic (exact) mass is 321 g/mol. The molecule has 0 spiro atoms. The van der Waals surface area contributed by atoms with Crippen molar-refractivity contribution in [2.75, 3.05) is 23.9 Å². The van der Waals surface area contributed by atoms with Crippen LogP contribution in [-0.4, -0.2) is 40.8 Å². The summed E-state index contributed by atoms with van der Waals surface area (Å²) in [5.41, 5.74) is 0. The molecule has 1 aliphatic carbocycles. The van der Waals surface area contributed by atoms with Gasteiger partial charge in [-0.05, 0) is 51.2 Å². The lowest BCUT2D eigenvalue weighted by Gasteiger charge is -2.34. The topological polar surface area (TPSA) is 62.3 Å². The van der Waals surface area contributed by atoms with Crippen molar-refractivity contribution in [1.29, 1.82) is 0 Å². The van der Waals surface area contributed by atoms with Crippen molar-refractivity contribution in [3.63, 3.8) is 0 Å². The molecule has 1 aliphatic heterocycles. The molecule has 6 nitrogen and oxygen atoms in total. The highest BCUT2D eigenvalue weighted by Gasteiger charge is 2.23. The molecular weight excluding hydrogens is 298 g/mol. The maximum Gasteiger partial charge on any atom is 0.234 e. The van der Waals surface area contributed by atoms with E-state index in [2.05, 4.69) is 32.4 Å². The molecule has 1 aromatic rings. The number of nitrogens with one attached hydrogen (secondary N) is 2. The van der Waals surface area contributed by atoms with Crippen LogP contribution < -0.4 is 20.3 Å². The molecule has 0 bridgehead atoms. The first kappa shape index (κ1) is 15.3. The molecule has 1 aromatic heterocycles. The van der Waals surface area contributed by atoms with Gasteiger partial charge in [-0.15, -0.1) is 0 Å². The molecule has 0 aromatic carbocycles. The van der Waals surface area contributed by atoms with Gasteiger partial charge >= 0.3 is 0 Å². The molecule has 120 valence electrons. The van der Waals surface area contributed by atoms with Gasteiger partial charge in [0.05, 0.1) is 7.11 Å². The predicted octanol–water partition coefficient (Wildman–Crippen LogP) is 2.31. The van der Waals surface area contributed by atoms with Crippen LogP contribution in [0.3, 0.4) is 0 Å². The molecule has 1 saturated carbocycles. The minimum atomic E-state index is 0.484. The molecule has 22 heavy (non-hydrogen) atoms. The molecule has 2 fully saturated rings. The summed E-state index contributed by atoms with van der Waals surface area (Å²) in [6.07, 6.45) is 6.02. The molecule has 1 atom stereocenters. The van der Waals surface area contributed by atoms with Crippen LogP contribution in [0.4, 0.5) is 11.8 Å². The van der Waals surface area contributed by atoms with Gasteiger partial charge in [0.25, 0.3) is 0 Å². The Hall–Kier alpha value is -1.63. The smallest absolute Gasteiger partial charge is 0.234 e. The first-order chi connectivity index (χ1) is 10.7. The quantitative estimate of drug-likeness (QED) is 0.825. The summed E-state index contributed by atoms with van der Waals surface area (Å²) in [6.45, 7) is 3.26. The lowest BCUT2D eigenvalue weighted by Crippen LogP contribution is -2.38. The van der Waals surface area contributed by atoms with Crippen molar-refractivity contribution in [2.45, 2.75) is 51.1 Å². The zero-order valence-corrected chi connectivity index (χ0v) is 13.9. The SMILES string of the molecule is COc1cc(N2CCCC[C@H]2C)nc(NC(=S)NC2CC2)n1. The highest BCUT2D eigenvalue weighted by atomic mass is 32.1. The maximum absolute atomic E-state index is 5.32. The molecule has 1 saturated heterocycles. The van der Waals surface area contributed by atoms with Crippen molar-refractivity contribution in [1.82, 2.24) is 15.3 Å². The summed E-state index contributed by atoms with van der Waals surface area (Å²) in [4.78, 5) is 11.3. The van der Waals surface area contributed by atoms with Gasteiger partial charge < -0.3 is 20.3 Å². The Morgan fingerprint density at radius 3 is 2.82 bits per heavy atom. The summed E-state index contributed by atoms with van der Waals surface area (Å²) in [5, 5.41) is 6.88. The highest BCUT2D eigenvalue weighted by Crippen LogP contribution is 2.26. The molecule has 2 aliphatic rings. The third-order valence-corrected chi connectivity index (χ3v) is 4.35. The summed E-state index contributed by atoms with van der Waals surface area (Å²) >= 11 is 5.30. The molecule has 3 rings (SSSR count). The Morgan fingerprint density at radius 2 is 2.14 bits per heavy atom. The highest BCUT2D eigenvalue weighted by molar-refractivity contribution is 7.80. The summed E-state index contributed by atoms with van der Waals surface area (Å²) < 4.78 is 5.32. The largest absolute Gasteiger partial charge is 0.481 e. The fourth-order valence-corrected chi connectivity index (χ4v) is 2.97. The number of aromatic nitrogens is 2. The van der Waals surface area contributed by atoms with E-state index >= 15 is 0 Å². The number of thiocarbonyl (C=S) groups is 1. The molecule has 0 radical (unpaired) electrons. The fraction of sp³-hybridized carbons (Fsp3) is 0.667. The lowest BCUT2D eigenvalue weighted by molar-refractivity contribution is 0.396. The van der Waals surface area contributed by atoms with Crippen LogP contribution in [0.2, 0.25) is 0 Å².